The number of nitrogens with one attached hydrogen (secondary N) is 1. The Morgan fingerprint density at radius 3 is 2.52 bits per heavy atom. The molecule has 110 valence electrons. The van der Waals surface area contributed by atoms with Crippen molar-refractivity contribution in [2.45, 2.75) is 12.8 Å². The molecule has 4 heteroatoms. The van der Waals surface area contributed by atoms with Gasteiger partial charge >= 0.3 is 0 Å². The fourth-order valence-corrected chi connectivity index (χ4v) is 2.03. The summed E-state index contributed by atoms with van der Waals surface area (Å²) in [5, 5.41) is 2.93. The molecule has 0 spiro atoms. The lowest BCUT2D eigenvalue weighted by Crippen LogP contribution is -2.13. The van der Waals surface area contributed by atoms with E-state index in [4.69, 9.17) is 5.73 Å². The number of rotatable bonds is 5. The van der Waals surface area contributed by atoms with Gasteiger partial charge in [0.05, 0.1) is 0 Å². The first-order valence-electron chi connectivity index (χ1n) is 6.96. The minimum Gasteiger partial charge on any atom is -0.399 e. The van der Waals surface area contributed by atoms with E-state index in [1.165, 1.54) is 0 Å². The lowest BCUT2D eigenvalue weighted by atomic mass is 10.1. The van der Waals surface area contributed by atoms with Gasteiger partial charge in [-0.1, -0.05) is 18.2 Å². The first-order chi connectivity index (χ1) is 10.0. The highest BCUT2D eigenvalue weighted by molar-refractivity contribution is 5.91. The third-order valence-corrected chi connectivity index (χ3v) is 3.27. The molecule has 4 nitrogen and oxygen atoms in total. The first-order valence-corrected chi connectivity index (χ1v) is 6.96. The molecule has 0 fully saturated rings. The number of aryl methyl sites for hydroxylation is 1. The molecule has 0 aliphatic carbocycles. The average molecular weight is 283 g/mol. The van der Waals surface area contributed by atoms with Gasteiger partial charge in [0.1, 0.15) is 0 Å². The molecule has 2 aromatic rings. The summed E-state index contributed by atoms with van der Waals surface area (Å²) in [6.45, 7) is 0. The van der Waals surface area contributed by atoms with E-state index < -0.39 is 0 Å². The number of nitrogens with zero attached hydrogens (tertiary/aromatic N) is 1. The van der Waals surface area contributed by atoms with Gasteiger partial charge in [-0.25, -0.2) is 0 Å². The monoisotopic (exact) mass is 283 g/mol. The van der Waals surface area contributed by atoms with Gasteiger partial charge in [-0.2, -0.15) is 0 Å². The Bertz CT molecular complexity index is 606. The van der Waals surface area contributed by atoms with Crippen molar-refractivity contribution >= 4 is 23.0 Å². The van der Waals surface area contributed by atoms with Crippen molar-refractivity contribution in [2.75, 3.05) is 30.0 Å². The number of carbonyl (C=O) groups is 1. The fourth-order valence-electron chi connectivity index (χ4n) is 2.03. The Balaban J connectivity index is 1.89. The predicted molar refractivity (Wildman–Crippen MR) is 88.6 cm³/mol. The maximum absolute atomic E-state index is 12.0. The number of anilines is 3. The number of nitrogen functional groups attached to an aromatic ring is 1. The van der Waals surface area contributed by atoms with Crippen LogP contribution in [-0.2, 0) is 11.2 Å². The second-order valence-electron chi connectivity index (χ2n) is 5.23. The molecule has 0 aliphatic heterocycles. The quantitative estimate of drug-likeness (QED) is 0.830. The van der Waals surface area contributed by atoms with E-state index in [9.17, 15) is 4.79 Å². The van der Waals surface area contributed by atoms with E-state index in [1.807, 2.05) is 67.5 Å². The van der Waals surface area contributed by atoms with Crippen molar-refractivity contribution in [1.82, 2.24) is 0 Å². The SMILES string of the molecule is CN(C)c1cccc(NC(=O)CCc2ccc(N)cc2)c1. The van der Waals surface area contributed by atoms with E-state index in [-0.39, 0.29) is 5.91 Å². The van der Waals surface area contributed by atoms with Gasteiger partial charge in [0.2, 0.25) is 5.91 Å². The maximum atomic E-state index is 12.0. The Morgan fingerprint density at radius 2 is 1.86 bits per heavy atom. The van der Waals surface area contributed by atoms with Crippen molar-refractivity contribution in [2.24, 2.45) is 0 Å². The van der Waals surface area contributed by atoms with Crippen molar-refractivity contribution in [3.05, 3.63) is 54.1 Å². The van der Waals surface area contributed by atoms with Crippen LogP contribution in [0.25, 0.3) is 0 Å². The number of benzene rings is 2. The van der Waals surface area contributed by atoms with Crippen molar-refractivity contribution in [1.29, 1.82) is 0 Å². The van der Waals surface area contributed by atoms with E-state index >= 15 is 0 Å². The van der Waals surface area contributed by atoms with Gasteiger partial charge in [-0.3, -0.25) is 4.79 Å². The van der Waals surface area contributed by atoms with Crippen molar-refractivity contribution in [3.63, 3.8) is 0 Å². The minimum absolute atomic E-state index is 0.0164. The Morgan fingerprint density at radius 1 is 1.14 bits per heavy atom. The van der Waals surface area contributed by atoms with Gasteiger partial charge < -0.3 is 16.0 Å². The number of hydrogen-bond donors (Lipinski definition) is 2. The number of nitrogens with two attached hydrogens (primary N) is 1. The molecule has 0 unspecified atom stereocenters. The largest absolute Gasteiger partial charge is 0.399 e. The van der Waals surface area contributed by atoms with Crippen LogP contribution >= 0.6 is 0 Å². The summed E-state index contributed by atoms with van der Waals surface area (Å²) in [7, 11) is 3.95. The standard InChI is InChI=1S/C17H21N3O/c1-20(2)16-5-3-4-15(12-16)19-17(21)11-8-13-6-9-14(18)10-7-13/h3-7,9-10,12H,8,11,18H2,1-2H3,(H,19,21). The Kier molecular flexibility index (Phi) is 4.82. The molecule has 0 heterocycles. The summed E-state index contributed by atoms with van der Waals surface area (Å²) >= 11 is 0. The highest BCUT2D eigenvalue weighted by atomic mass is 16.1. The average Bonchev–Trinajstić information content (AvgIpc) is 2.47. The van der Waals surface area contributed by atoms with Crippen LogP contribution in [0.15, 0.2) is 48.5 Å². The third-order valence-electron chi connectivity index (χ3n) is 3.27. The highest BCUT2D eigenvalue weighted by Crippen LogP contribution is 2.17. The fraction of sp³-hybridized carbons (Fsp3) is 0.235. The number of hydrogen-bond acceptors (Lipinski definition) is 3. The van der Waals surface area contributed by atoms with Crippen LogP contribution in [0, 0.1) is 0 Å². The first kappa shape index (κ1) is 14.9. The molecule has 1 amide bonds. The summed E-state index contributed by atoms with van der Waals surface area (Å²) < 4.78 is 0. The molecule has 2 aromatic carbocycles. The highest BCUT2D eigenvalue weighted by Gasteiger charge is 2.04. The van der Waals surface area contributed by atoms with Crippen LogP contribution in [0.4, 0.5) is 17.1 Å². The normalized spacial score (nSPS) is 10.2. The molecular formula is C17H21N3O. The molecule has 0 bridgehead atoms. The second-order valence-corrected chi connectivity index (χ2v) is 5.23. The van der Waals surface area contributed by atoms with Crippen LogP contribution in [0.2, 0.25) is 0 Å². The molecule has 21 heavy (non-hydrogen) atoms. The van der Waals surface area contributed by atoms with Crippen LogP contribution in [0.3, 0.4) is 0 Å². The molecule has 3 N–H and O–H groups in total. The summed E-state index contributed by atoms with van der Waals surface area (Å²) in [4.78, 5) is 14.0. The van der Waals surface area contributed by atoms with Crippen LogP contribution in [0.1, 0.15) is 12.0 Å². The summed E-state index contributed by atoms with van der Waals surface area (Å²) in [5.74, 6) is 0.0164. The molecule has 0 aliphatic rings. The summed E-state index contributed by atoms with van der Waals surface area (Å²) in [6.07, 6.45) is 1.16. The van der Waals surface area contributed by atoms with Crippen molar-refractivity contribution < 1.29 is 4.79 Å². The number of carbonyl (C=O) groups excluding carboxylic acids is 1. The molecule has 0 atom stereocenters. The molecule has 0 saturated heterocycles. The van der Waals surface area contributed by atoms with E-state index in [1.54, 1.807) is 0 Å². The molecular weight excluding hydrogens is 262 g/mol. The lowest BCUT2D eigenvalue weighted by molar-refractivity contribution is -0.116. The minimum atomic E-state index is 0.0164. The van der Waals surface area contributed by atoms with Crippen LogP contribution < -0.4 is 16.0 Å². The van der Waals surface area contributed by atoms with Crippen LogP contribution in [0.5, 0.6) is 0 Å². The third kappa shape index (κ3) is 4.53. The molecule has 0 radical (unpaired) electrons. The Labute approximate surface area is 125 Å². The number of amides is 1. The predicted octanol–water partition coefficient (Wildman–Crippen LogP) is 2.91. The summed E-state index contributed by atoms with van der Waals surface area (Å²) in [5.41, 5.74) is 9.38. The summed E-state index contributed by atoms with van der Waals surface area (Å²) in [6, 6.07) is 15.4. The zero-order valence-corrected chi connectivity index (χ0v) is 12.5. The van der Waals surface area contributed by atoms with Gasteiger partial charge in [-0.15, -0.1) is 0 Å². The van der Waals surface area contributed by atoms with Crippen molar-refractivity contribution in [3.8, 4) is 0 Å². The molecule has 0 aromatic heterocycles. The van der Waals surface area contributed by atoms with Gasteiger partial charge in [0.25, 0.3) is 0 Å². The topological polar surface area (TPSA) is 58.4 Å². The van der Waals surface area contributed by atoms with Crippen LogP contribution in [-0.4, -0.2) is 20.0 Å². The lowest BCUT2D eigenvalue weighted by Gasteiger charge is -2.14. The molecule has 0 saturated carbocycles. The second kappa shape index (κ2) is 6.79. The zero-order valence-electron chi connectivity index (χ0n) is 12.5. The van der Waals surface area contributed by atoms with E-state index in [2.05, 4.69) is 5.32 Å². The van der Waals surface area contributed by atoms with Gasteiger partial charge in [0, 0.05) is 37.6 Å². The van der Waals surface area contributed by atoms with E-state index in [0.29, 0.717) is 12.8 Å². The van der Waals surface area contributed by atoms with Gasteiger partial charge in [0.15, 0.2) is 0 Å². The molecule has 2 rings (SSSR count). The van der Waals surface area contributed by atoms with E-state index in [0.717, 1.165) is 22.6 Å². The maximum Gasteiger partial charge on any atom is 0.224 e. The zero-order chi connectivity index (χ0) is 15.2. The smallest absolute Gasteiger partial charge is 0.224 e. The van der Waals surface area contributed by atoms with Gasteiger partial charge in [-0.05, 0) is 42.3 Å². The Hall–Kier alpha value is -2.49.